The molecule has 154 valence electrons. The third kappa shape index (κ3) is 7.88. The minimum Gasteiger partial charge on any atom is -0.315 e. The van der Waals surface area contributed by atoms with Gasteiger partial charge >= 0.3 is 6.18 Å². The maximum Gasteiger partial charge on any atom is 0.438 e. The SMILES string of the molecule is CCC(CCCc1ccccc1)[N+](C)(CCSc1ccccc1)CC(F)(F)F. The lowest BCUT2D eigenvalue weighted by Gasteiger charge is -2.42. The molecule has 28 heavy (non-hydrogen) atoms. The van der Waals surface area contributed by atoms with E-state index < -0.39 is 12.7 Å². The van der Waals surface area contributed by atoms with Gasteiger partial charge in [0.25, 0.3) is 0 Å². The largest absolute Gasteiger partial charge is 0.438 e. The fourth-order valence-corrected chi connectivity index (χ4v) is 4.93. The zero-order valence-corrected chi connectivity index (χ0v) is 17.6. The number of hydrogen-bond acceptors (Lipinski definition) is 1. The highest BCUT2D eigenvalue weighted by molar-refractivity contribution is 7.99. The van der Waals surface area contributed by atoms with Crippen LogP contribution in [0, 0.1) is 0 Å². The Morgan fingerprint density at radius 1 is 0.964 bits per heavy atom. The predicted octanol–water partition coefficient (Wildman–Crippen LogP) is 6.59. The fourth-order valence-electron chi connectivity index (χ4n) is 3.83. The van der Waals surface area contributed by atoms with E-state index in [4.69, 9.17) is 0 Å². The van der Waals surface area contributed by atoms with Crippen molar-refractivity contribution >= 4 is 11.8 Å². The Hall–Kier alpha value is -1.46. The summed E-state index contributed by atoms with van der Waals surface area (Å²) in [6.07, 6.45) is -0.744. The summed E-state index contributed by atoms with van der Waals surface area (Å²) in [6, 6.07) is 20.1. The minimum absolute atomic E-state index is 0.0155. The van der Waals surface area contributed by atoms with E-state index in [1.54, 1.807) is 18.8 Å². The number of hydrogen-bond donors (Lipinski definition) is 0. The second-order valence-electron chi connectivity index (χ2n) is 7.58. The average molecular weight is 411 g/mol. The minimum atomic E-state index is -4.15. The molecule has 5 heteroatoms. The van der Waals surface area contributed by atoms with Crippen molar-refractivity contribution in [2.75, 3.05) is 25.9 Å². The second kappa shape index (κ2) is 10.9. The molecule has 0 aliphatic heterocycles. The molecule has 0 aliphatic rings. The van der Waals surface area contributed by atoms with E-state index >= 15 is 0 Å². The van der Waals surface area contributed by atoms with Gasteiger partial charge in [-0.3, -0.25) is 0 Å². The molecule has 1 nitrogen and oxygen atoms in total. The van der Waals surface area contributed by atoms with E-state index in [1.807, 2.05) is 55.5 Å². The Morgan fingerprint density at radius 3 is 2.14 bits per heavy atom. The molecular weight excluding hydrogens is 379 g/mol. The summed E-state index contributed by atoms with van der Waals surface area (Å²) in [5, 5.41) is 0. The molecule has 0 amide bonds. The van der Waals surface area contributed by atoms with Crippen molar-refractivity contribution < 1.29 is 17.7 Å². The molecule has 2 unspecified atom stereocenters. The number of halogens is 3. The standard InChI is InChI=1S/C23H31F3NS/c1-3-21(14-10-13-20-11-6-4-7-12-20)27(2,19-23(24,25)26)17-18-28-22-15-8-5-9-16-22/h4-9,11-12,15-16,21H,3,10,13-14,17-19H2,1-2H3/q+1. The summed E-state index contributed by atoms with van der Waals surface area (Å²) in [5.41, 5.74) is 1.25. The Kier molecular flexibility index (Phi) is 8.90. The van der Waals surface area contributed by atoms with Crippen molar-refractivity contribution in [2.45, 2.75) is 49.7 Å². The van der Waals surface area contributed by atoms with Crippen LogP contribution >= 0.6 is 11.8 Å². The molecule has 2 aromatic rings. The molecule has 2 rings (SSSR count). The fraction of sp³-hybridized carbons (Fsp3) is 0.478. The van der Waals surface area contributed by atoms with E-state index in [1.165, 1.54) is 5.56 Å². The quantitative estimate of drug-likeness (QED) is 0.297. The highest BCUT2D eigenvalue weighted by Crippen LogP contribution is 2.29. The van der Waals surface area contributed by atoms with E-state index in [0.29, 0.717) is 12.3 Å². The van der Waals surface area contributed by atoms with E-state index in [2.05, 4.69) is 12.1 Å². The van der Waals surface area contributed by atoms with Crippen LogP contribution in [0.2, 0.25) is 0 Å². The van der Waals surface area contributed by atoms with Crippen molar-refractivity contribution in [3.8, 4) is 0 Å². The van der Waals surface area contributed by atoms with Crippen LogP contribution in [0.5, 0.6) is 0 Å². The molecule has 0 heterocycles. The van der Waals surface area contributed by atoms with Gasteiger partial charge in [-0.15, -0.1) is 11.8 Å². The maximum atomic E-state index is 13.4. The smallest absolute Gasteiger partial charge is 0.315 e. The van der Waals surface area contributed by atoms with Crippen LogP contribution in [0.25, 0.3) is 0 Å². The predicted molar refractivity (Wildman–Crippen MR) is 113 cm³/mol. The first kappa shape index (κ1) is 22.8. The molecule has 0 bridgehead atoms. The van der Waals surface area contributed by atoms with E-state index in [9.17, 15) is 13.2 Å². The number of quaternary nitrogens is 1. The third-order valence-corrected chi connectivity index (χ3v) is 6.35. The molecule has 2 aromatic carbocycles. The van der Waals surface area contributed by atoms with E-state index in [-0.39, 0.29) is 10.5 Å². The summed E-state index contributed by atoms with van der Waals surface area (Å²) in [6.45, 7) is 1.78. The first-order valence-corrected chi connectivity index (χ1v) is 10.9. The van der Waals surface area contributed by atoms with Crippen LogP contribution < -0.4 is 0 Å². The lowest BCUT2D eigenvalue weighted by Crippen LogP contribution is -2.57. The van der Waals surface area contributed by atoms with Gasteiger partial charge in [-0.25, -0.2) is 0 Å². The molecule has 0 aromatic heterocycles. The third-order valence-electron chi connectivity index (χ3n) is 5.35. The number of rotatable bonds is 11. The summed E-state index contributed by atoms with van der Waals surface area (Å²) in [5.74, 6) is 0.686. The summed E-state index contributed by atoms with van der Waals surface area (Å²) >= 11 is 1.64. The van der Waals surface area contributed by atoms with Gasteiger partial charge in [0.1, 0.15) is 0 Å². The molecule has 0 N–H and O–H groups in total. The number of nitrogens with zero attached hydrogens (tertiary/aromatic N) is 1. The number of benzene rings is 2. The van der Waals surface area contributed by atoms with Crippen molar-refractivity contribution in [1.29, 1.82) is 0 Å². The van der Waals surface area contributed by atoms with Crippen molar-refractivity contribution in [2.24, 2.45) is 0 Å². The molecule has 0 saturated heterocycles. The van der Waals surface area contributed by atoms with Crippen molar-refractivity contribution in [3.63, 3.8) is 0 Å². The van der Waals surface area contributed by atoms with Gasteiger partial charge < -0.3 is 4.48 Å². The highest BCUT2D eigenvalue weighted by atomic mass is 32.2. The molecule has 2 atom stereocenters. The van der Waals surface area contributed by atoms with Gasteiger partial charge in [-0.1, -0.05) is 55.5 Å². The lowest BCUT2D eigenvalue weighted by molar-refractivity contribution is -0.940. The Labute approximate surface area is 171 Å². The normalized spacial score (nSPS) is 15.2. The van der Waals surface area contributed by atoms with Gasteiger partial charge in [-0.2, -0.15) is 13.2 Å². The van der Waals surface area contributed by atoms with Crippen LogP contribution in [0.15, 0.2) is 65.6 Å². The summed E-state index contributed by atoms with van der Waals surface area (Å²) in [4.78, 5) is 1.11. The Balaban J connectivity index is 1.98. The van der Waals surface area contributed by atoms with Gasteiger partial charge in [0.2, 0.25) is 0 Å². The zero-order chi connectivity index (χ0) is 20.5. The first-order valence-electron chi connectivity index (χ1n) is 9.95. The van der Waals surface area contributed by atoms with Crippen LogP contribution in [-0.2, 0) is 6.42 Å². The first-order chi connectivity index (χ1) is 13.3. The lowest BCUT2D eigenvalue weighted by atomic mass is 10.00. The number of aryl methyl sites for hydroxylation is 1. The number of thioether (sulfide) groups is 1. The molecule has 0 radical (unpaired) electrons. The van der Waals surface area contributed by atoms with Gasteiger partial charge in [0, 0.05) is 10.6 Å². The molecule has 0 saturated carbocycles. The summed E-state index contributed by atoms with van der Waals surface area (Å²) in [7, 11) is 1.79. The van der Waals surface area contributed by atoms with Crippen LogP contribution in [0.3, 0.4) is 0 Å². The molecular formula is C23H31F3NS+. The Morgan fingerprint density at radius 2 is 1.57 bits per heavy atom. The molecule has 0 spiro atoms. The van der Waals surface area contributed by atoms with Crippen LogP contribution in [-0.4, -0.2) is 42.6 Å². The van der Waals surface area contributed by atoms with E-state index in [0.717, 1.165) is 30.6 Å². The molecule has 0 aliphatic carbocycles. The maximum absolute atomic E-state index is 13.4. The molecule has 0 fully saturated rings. The summed E-state index contributed by atoms with van der Waals surface area (Å²) < 4.78 is 40.2. The van der Waals surface area contributed by atoms with Crippen molar-refractivity contribution in [1.82, 2.24) is 0 Å². The van der Waals surface area contributed by atoms with Gasteiger partial charge in [-0.05, 0) is 43.4 Å². The topological polar surface area (TPSA) is 0 Å². The van der Waals surface area contributed by atoms with Crippen LogP contribution in [0.4, 0.5) is 13.2 Å². The van der Waals surface area contributed by atoms with Crippen molar-refractivity contribution in [3.05, 3.63) is 66.2 Å². The average Bonchev–Trinajstić information content (AvgIpc) is 2.65. The zero-order valence-electron chi connectivity index (χ0n) is 16.8. The van der Waals surface area contributed by atoms with Crippen LogP contribution in [0.1, 0.15) is 31.7 Å². The monoisotopic (exact) mass is 410 g/mol. The highest BCUT2D eigenvalue weighted by Gasteiger charge is 2.43. The van der Waals surface area contributed by atoms with Gasteiger partial charge in [0.05, 0.1) is 19.6 Å². The Bertz CT molecular complexity index is 675. The van der Waals surface area contributed by atoms with Gasteiger partial charge in [0.15, 0.2) is 6.54 Å². The second-order valence-corrected chi connectivity index (χ2v) is 8.75. The number of alkyl halides is 3.